The van der Waals surface area contributed by atoms with Gasteiger partial charge in [0.05, 0.1) is 6.04 Å². The van der Waals surface area contributed by atoms with Gasteiger partial charge in [-0.25, -0.2) is 0 Å². The third-order valence-electron chi connectivity index (χ3n) is 6.51. The zero-order valence-corrected chi connectivity index (χ0v) is 22.7. The minimum absolute atomic E-state index is 0.0244. The second-order valence-electron chi connectivity index (χ2n) is 11.1. The van der Waals surface area contributed by atoms with Crippen LogP contribution in [0.1, 0.15) is 84.0 Å². The highest BCUT2D eigenvalue weighted by Gasteiger charge is 2.36. The molecule has 204 valence electrons. The Hall–Kier alpha value is -3.30. The zero-order valence-electron chi connectivity index (χ0n) is 22.7. The number of hydrogen-bond donors (Lipinski definition) is 4. The van der Waals surface area contributed by atoms with E-state index in [4.69, 9.17) is 0 Å². The number of ketones is 1. The van der Waals surface area contributed by atoms with Gasteiger partial charge in [0.1, 0.15) is 12.1 Å². The molecular formula is C27H41N5O5. The number of aromatic nitrogens is 1. The van der Waals surface area contributed by atoms with Crippen LogP contribution in [0.5, 0.6) is 0 Å². The lowest BCUT2D eigenvalue weighted by Gasteiger charge is -2.31. The largest absolute Gasteiger partial charge is 0.347 e. The van der Waals surface area contributed by atoms with E-state index in [2.05, 4.69) is 26.3 Å². The summed E-state index contributed by atoms with van der Waals surface area (Å²) in [7, 11) is 0. The molecule has 1 aliphatic rings. The molecule has 1 aliphatic carbocycles. The Morgan fingerprint density at radius 1 is 0.865 bits per heavy atom. The van der Waals surface area contributed by atoms with Crippen LogP contribution in [0.25, 0.3) is 0 Å². The summed E-state index contributed by atoms with van der Waals surface area (Å²) in [6.07, 6.45) is 7.79. The highest BCUT2D eigenvalue weighted by Crippen LogP contribution is 2.20. The monoisotopic (exact) mass is 515 g/mol. The molecule has 3 atom stereocenters. The number of nitrogens with one attached hydrogen (secondary N) is 4. The molecule has 0 saturated heterocycles. The van der Waals surface area contributed by atoms with Crippen molar-refractivity contribution in [3.8, 4) is 0 Å². The van der Waals surface area contributed by atoms with Crippen molar-refractivity contribution in [3.63, 3.8) is 0 Å². The lowest BCUT2D eigenvalue weighted by molar-refractivity contribution is -0.141. The third kappa shape index (κ3) is 8.94. The lowest BCUT2D eigenvalue weighted by Crippen LogP contribution is -2.59. The zero-order chi connectivity index (χ0) is 27.8. The number of Topliss-reactive ketones (excluding diaryl/α,β-unsaturated/α-hetero) is 1. The number of hydrogen-bond acceptors (Lipinski definition) is 6. The van der Waals surface area contributed by atoms with Gasteiger partial charge in [0.2, 0.25) is 17.6 Å². The van der Waals surface area contributed by atoms with Crippen molar-refractivity contribution in [1.29, 1.82) is 0 Å². The van der Waals surface area contributed by atoms with Crippen LogP contribution in [0.15, 0.2) is 24.5 Å². The van der Waals surface area contributed by atoms with Crippen molar-refractivity contribution in [2.75, 3.05) is 0 Å². The molecule has 4 N–H and O–H groups in total. The van der Waals surface area contributed by atoms with Crippen LogP contribution in [0.3, 0.4) is 0 Å². The van der Waals surface area contributed by atoms with Gasteiger partial charge in [0.15, 0.2) is 0 Å². The molecule has 3 unspecified atom stereocenters. The Labute approximate surface area is 219 Å². The molecule has 0 bridgehead atoms. The van der Waals surface area contributed by atoms with Gasteiger partial charge in [-0.2, -0.15) is 0 Å². The van der Waals surface area contributed by atoms with E-state index in [1.54, 1.807) is 34.6 Å². The highest BCUT2D eigenvalue weighted by atomic mass is 16.2. The Balaban J connectivity index is 2.02. The summed E-state index contributed by atoms with van der Waals surface area (Å²) in [6, 6.07) is 0.0780. The first kappa shape index (κ1) is 29.9. The molecule has 10 nitrogen and oxygen atoms in total. The SMILES string of the molecule is CC(NC(=O)C(NC(=O)c1ccncc1)C(C)(C)C)C(=O)NC(C(=O)C(=O)NC1CCCCC1)C(C)C. The van der Waals surface area contributed by atoms with E-state index in [9.17, 15) is 24.0 Å². The van der Waals surface area contributed by atoms with Crippen LogP contribution in [0, 0.1) is 11.3 Å². The van der Waals surface area contributed by atoms with Crippen molar-refractivity contribution < 1.29 is 24.0 Å². The van der Waals surface area contributed by atoms with Crippen molar-refractivity contribution >= 4 is 29.4 Å². The van der Waals surface area contributed by atoms with Gasteiger partial charge in [0, 0.05) is 24.0 Å². The average Bonchev–Trinajstić information content (AvgIpc) is 2.85. The molecule has 2 rings (SSSR count). The van der Waals surface area contributed by atoms with E-state index >= 15 is 0 Å². The summed E-state index contributed by atoms with van der Waals surface area (Å²) in [5.41, 5.74) is -0.302. The minimum Gasteiger partial charge on any atom is -0.347 e. The summed E-state index contributed by atoms with van der Waals surface area (Å²) in [6.45, 7) is 10.4. The van der Waals surface area contributed by atoms with Gasteiger partial charge in [-0.1, -0.05) is 53.9 Å². The highest BCUT2D eigenvalue weighted by molar-refractivity contribution is 6.38. The van der Waals surface area contributed by atoms with Gasteiger partial charge < -0.3 is 21.3 Å². The number of nitrogens with zero attached hydrogens (tertiary/aromatic N) is 1. The fourth-order valence-electron chi connectivity index (χ4n) is 4.21. The molecule has 0 spiro atoms. The number of carbonyl (C=O) groups excluding carboxylic acids is 5. The molecule has 0 radical (unpaired) electrons. The quantitative estimate of drug-likeness (QED) is 0.350. The Bertz CT molecular complexity index is 967. The van der Waals surface area contributed by atoms with Gasteiger partial charge in [-0.05, 0) is 43.2 Å². The standard InChI is InChI=1S/C27H41N5O5/c1-16(2)20(21(33)25(36)30-19-10-8-7-9-11-19)31-23(34)17(3)29-26(37)22(27(4,5)6)32-24(35)18-12-14-28-15-13-18/h12-17,19-20,22H,7-11H2,1-6H3,(H,29,37)(H,30,36)(H,31,34)(H,32,35). The molecular weight excluding hydrogens is 474 g/mol. The Morgan fingerprint density at radius 2 is 1.46 bits per heavy atom. The van der Waals surface area contributed by atoms with E-state index in [0.29, 0.717) is 5.56 Å². The van der Waals surface area contributed by atoms with Gasteiger partial charge in [0.25, 0.3) is 11.8 Å². The second-order valence-corrected chi connectivity index (χ2v) is 11.1. The van der Waals surface area contributed by atoms with Crippen LogP contribution in [-0.2, 0) is 19.2 Å². The Kier molecular flexibility index (Phi) is 10.8. The summed E-state index contributed by atoms with van der Waals surface area (Å²) < 4.78 is 0. The van der Waals surface area contributed by atoms with Gasteiger partial charge in [-0.3, -0.25) is 29.0 Å². The van der Waals surface area contributed by atoms with E-state index in [0.717, 1.165) is 32.1 Å². The van der Waals surface area contributed by atoms with Crippen molar-refractivity contribution in [1.82, 2.24) is 26.3 Å². The topological polar surface area (TPSA) is 146 Å². The lowest BCUT2D eigenvalue weighted by atomic mass is 9.85. The molecule has 0 aromatic carbocycles. The predicted octanol–water partition coefficient (Wildman–Crippen LogP) is 1.89. The molecule has 0 aliphatic heterocycles. The van der Waals surface area contributed by atoms with Crippen molar-refractivity contribution in [3.05, 3.63) is 30.1 Å². The van der Waals surface area contributed by atoms with Crippen LogP contribution < -0.4 is 21.3 Å². The first-order valence-corrected chi connectivity index (χ1v) is 13.0. The smallest absolute Gasteiger partial charge is 0.289 e. The number of amides is 4. The first-order chi connectivity index (χ1) is 17.3. The van der Waals surface area contributed by atoms with E-state index < -0.39 is 53.0 Å². The minimum atomic E-state index is -1.03. The van der Waals surface area contributed by atoms with Crippen LogP contribution in [-0.4, -0.2) is 58.6 Å². The Morgan fingerprint density at radius 3 is 2.00 bits per heavy atom. The van der Waals surface area contributed by atoms with E-state index in [1.807, 2.05) is 0 Å². The maximum Gasteiger partial charge on any atom is 0.289 e. The molecule has 4 amide bonds. The molecule has 1 saturated carbocycles. The third-order valence-corrected chi connectivity index (χ3v) is 6.51. The maximum atomic E-state index is 13.1. The molecule has 1 fully saturated rings. The van der Waals surface area contributed by atoms with Crippen molar-refractivity contribution in [2.24, 2.45) is 11.3 Å². The second kappa shape index (κ2) is 13.3. The predicted molar refractivity (Wildman–Crippen MR) is 139 cm³/mol. The number of rotatable bonds is 10. The molecule has 37 heavy (non-hydrogen) atoms. The van der Waals surface area contributed by atoms with Crippen LogP contribution in [0.4, 0.5) is 0 Å². The summed E-state index contributed by atoms with van der Waals surface area (Å²) in [5, 5.41) is 10.8. The summed E-state index contributed by atoms with van der Waals surface area (Å²) in [4.78, 5) is 68.0. The van der Waals surface area contributed by atoms with Gasteiger partial charge in [-0.15, -0.1) is 0 Å². The number of pyridine rings is 1. The first-order valence-electron chi connectivity index (χ1n) is 13.0. The molecule has 10 heteroatoms. The molecule has 1 aromatic heterocycles. The fraction of sp³-hybridized carbons (Fsp3) is 0.630. The van der Waals surface area contributed by atoms with Gasteiger partial charge >= 0.3 is 0 Å². The van der Waals surface area contributed by atoms with E-state index in [1.165, 1.54) is 31.5 Å². The average molecular weight is 516 g/mol. The normalized spacial score (nSPS) is 16.7. The van der Waals surface area contributed by atoms with E-state index in [-0.39, 0.29) is 12.0 Å². The van der Waals surface area contributed by atoms with Crippen LogP contribution in [0.2, 0.25) is 0 Å². The van der Waals surface area contributed by atoms with Crippen LogP contribution >= 0.6 is 0 Å². The molecule has 1 aromatic rings. The summed E-state index contributed by atoms with van der Waals surface area (Å²) in [5.74, 6) is -3.32. The fourth-order valence-corrected chi connectivity index (χ4v) is 4.21. The van der Waals surface area contributed by atoms with Crippen molar-refractivity contribution in [2.45, 2.75) is 97.8 Å². The number of carbonyl (C=O) groups is 5. The maximum absolute atomic E-state index is 13.1. The molecule has 1 heterocycles. The summed E-state index contributed by atoms with van der Waals surface area (Å²) >= 11 is 0.